The summed E-state index contributed by atoms with van der Waals surface area (Å²) in [5, 5.41) is 11.0. The van der Waals surface area contributed by atoms with Crippen molar-refractivity contribution in [3.05, 3.63) is 75.3 Å². The van der Waals surface area contributed by atoms with Crippen LogP contribution >= 0.6 is 0 Å². The first-order chi connectivity index (χ1) is 16.2. The number of anilines is 1. The zero-order chi connectivity index (χ0) is 24.0. The molecule has 0 radical (unpaired) electrons. The maximum atomic E-state index is 13.6. The van der Waals surface area contributed by atoms with Crippen LogP contribution in [-0.2, 0) is 12.6 Å². The highest BCUT2D eigenvalue weighted by molar-refractivity contribution is 5.97. The molecule has 178 valence electrons. The fourth-order valence-electron chi connectivity index (χ4n) is 5.16. The van der Waals surface area contributed by atoms with Gasteiger partial charge in [-0.15, -0.1) is 0 Å². The van der Waals surface area contributed by atoms with E-state index in [-0.39, 0.29) is 11.6 Å². The molecule has 5 rings (SSSR count). The van der Waals surface area contributed by atoms with Gasteiger partial charge in [0, 0.05) is 19.2 Å². The Balaban J connectivity index is 1.63. The summed E-state index contributed by atoms with van der Waals surface area (Å²) in [5.74, 6) is 0. The Kier molecular flexibility index (Phi) is 5.72. The first kappa shape index (κ1) is 22.7. The van der Waals surface area contributed by atoms with E-state index in [0.717, 1.165) is 53.8 Å². The van der Waals surface area contributed by atoms with Gasteiger partial charge in [0.05, 0.1) is 35.1 Å². The summed E-state index contributed by atoms with van der Waals surface area (Å²) in [4.78, 5) is 20.3. The van der Waals surface area contributed by atoms with Crippen LogP contribution < -0.4 is 10.5 Å². The zero-order valence-electron chi connectivity index (χ0n) is 18.8. The molecule has 2 atom stereocenters. The smallest absolute Gasteiger partial charge is 0.391 e. The molecule has 1 N–H and O–H groups in total. The van der Waals surface area contributed by atoms with E-state index in [0.29, 0.717) is 30.3 Å². The number of hydrogen-bond acceptors (Lipinski definition) is 4. The van der Waals surface area contributed by atoms with E-state index in [2.05, 4.69) is 4.98 Å². The predicted molar refractivity (Wildman–Crippen MR) is 126 cm³/mol. The number of rotatable bonds is 3. The molecule has 5 nitrogen and oxygen atoms in total. The minimum absolute atomic E-state index is 0.199. The lowest BCUT2D eigenvalue weighted by Crippen LogP contribution is -2.35. The fourth-order valence-corrected chi connectivity index (χ4v) is 5.16. The number of alkyl halides is 3. The summed E-state index contributed by atoms with van der Waals surface area (Å²) < 4.78 is 40.5. The highest BCUT2D eigenvalue weighted by Gasteiger charge is 2.30. The van der Waals surface area contributed by atoms with E-state index >= 15 is 0 Å². The largest absolute Gasteiger partial charge is 0.416 e. The van der Waals surface area contributed by atoms with Gasteiger partial charge < -0.3 is 10.0 Å². The monoisotopic (exact) mass is 469 g/mol. The van der Waals surface area contributed by atoms with Crippen LogP contribution in [0.4, 0.5) is 18.9 Å². The highest BCUT2D eigenvalue weighted by Crippen LogP contribution is 2.36. The standard InChI is InChI=1S/C26H26F3N3O2/c1-31-12-4-5-19-17(13-16-8-10-18(11-9-16)26(27,28)29)14-20-23(24(19)31)30-15-32(25(20)34)21-6-2-3-7-22(21)33/h4-5,8-11,14-15,21-22,33H,2-3,6-7,12-13H2,1H3. The molecule has 3 aromatic rings. The van der Waals surface area contributed by atoms with Crippen molar-refractivity contribution in [3.8, 4) is 0 Å². The Labute approximate surface area is 195 Å². The van der Waals surface area contributed by atoms with Crippen LogP contribution in [0.25, 0.3) is 17.0 Å². The average Bonchev–Trinajstić information content (AvgIpc) is 2.80. The summed E-state index contributed by atoms with van der Waals surface area (Å²) >= 11 is 0. The highest BCUT2D eigenvalue weighted by atomic mass is 19.4. The SMILES string of the molecule is CN1CC=Cc2c(Cc3ccc(C(F)(F)F)cc3)cc3c(=O)n(C4CCCCC4O)cnc3c21. The van der Waals surface area contributed by atoms with Crippen LogP contribution in [0.5, 0.6) is 0 Å². The first-order valence-electron chi connectivity index (χ1n) is 11.5. The quantitative estimate of drug-likeness (QED) is 0.590. The average molecular weight is 470 g/mol. The topological polar surface area (TPSA) is 58.4 Å². The molecule has 8 heteroatoms. The summed E-state index contributed by atoms with van der Waals surface area (Å²) in [6.45, 7) is 0.665. The lowest BCUT2D eigenvalue weighted by atomic mass is 9.91. The van der Waals surface area contributed by atoms with Crippen LogP contribution in [0.3, 0.4) is 0 Å². The molecule has 0 amide bonds. The Hall–Kier alpha value is -3.13. The van der Waals surface area contributed by atoms with E-state index < -0.39 is 17.8 Å². The minimum Gasteiger partial charge on any atom is -0.391 e. The number of aliphatic hydroxyl groups is 1. The maximum Gasteiger partial charge on any atom is 0.416 e. The predicted octanol–water partition coefficient (Wildman–Crippen LogP) is 4.95. The van der Waals surface area contributed by atoms with Gasteiger partial charge in [0.25, 0.3) is 5.56 Å². The fraction of sp³-hybridized carbons (Fsp3) is 0.385. The van der Waals surface area contributed by atoms with Gasteiger partial charge in [-0.2, -0.15) is 13.2 Å². The van der Waals surface area contributed by atoms with Crippen LogP contribution in [0.2, 0.25) is 0 Å². The molecule has 2 heterocycles. The molecule has 1 aliphatic carbocycles. The van der Waals surface area contributed by atoms with Gasteiger partial charge in [-0.05, 0) is 48.6 Å². The molecule has 2 unspecified atom stereocenters. The Morgan fingerprint density at radius 1 is 1.15 bits per heavy atom. The Bertz CT molecular complexity index is 1310. The number of benzene rings is 2. The number of fused-ring (bicyclic) bond motifs is 3. The Morgan fingerprint density at radius 2 is 1.88 bits per heavy atom. The number of likely N-dealkylation sites (N-methyl/N-ethyl adjacent to an activating group) is 1. The van der Waals surface area contributed by atoms with Gasteiger partial charge in [0.1, 0.15) is 5.52 Å². The second kappa shape index (κ2) is 8.58. The van der Waals surface area contributed by atoms with Gasteiger partial charge in [0.15, 0.2) is 0 Å². The first-order valence-corrected chi connectivity index (χ1v) is 11.5. The van der Waals surface area contributed by atoms with Crippen LogP contribution in [0.15, 0.2) is 47.5 Å². The van der Waals surface area contributed by atoms with Gasteiger partial charge >= 0.3 is 6.18 Å². The molecule has 2 aliphatic rings. The zero-order valence-corrected chi connectivity index (χ0v) is 18.8. The van der Waals surface area contributed by atoms with Crippen molar-refractivity contribution in [2.24, 2.45) is 0 Å². The van der Waals surface area contributed by atoms with Crippen molar-refractivity contribution in [1.29, 1.82) is 0 Å². The molecule has 1 saturated carbocycles. The number of hydrogen-bond donors (Lipinski definition) is 1. The summed E-state index contributed by atoms with van der Waals surface area (Å²) in [5.41, 5.74) is 3.06. The molecule has 2 aromatic carbocycles. The lowest BCUT2D eigenvalue weighted by molar-refractivity contribution is -0.137. The van der Waals surface area contributed by atoms with Gasteiger partial charge in [-0.3, -0.25) is 9.36 Å². The van der Waals surface area contributed by atoms with E-state index in [1.807, 2.05) is 30.2 Å². The van der Waals surface area contributed by atoms with Crippen molar-refractivity contribution in [3.63, 3.8) is 0 Å². The molecule has 0 bridgehead atoms. The van der Waals surface area contributed by atoms with E-state index in [9.17, 15) is 23.1 Å². The number of nitrogens with zero attached hydrogens (tertiary/aromatic N) is 3. The third kappa shape index (κ3) is 4.00. The van der Waals surface area contributed by atoms with Gasteiger partial charge in [-0.25, -0.2) is 4.98 Å². The van der Waals surface area contributed by atoms with Gasteiger partial charge in [0.2, 0.25) is 0 Å². The number of aromatic nitrogens is 2. The van der Waals surface area contributed by atoms with Crippen molar-refractivity contribution in [1.82, 2.24) is 9.55 Å². The molecular formula is C26H26F3N3O2. The van der Waals surface area contributed by atoms with Crippen LogP contribution in [0, 0.1) is 0 Å². The third-order valence-electron chi connectivity index (χ3n) is 6.95. The maximum absolute atomic E-state index is 13.6. The second-order valence-corrected chi connectivity index (χ2v) is 9.22. The molecule has 0 spiro atoms. The van der Waals surface area contributed by atoms with Crippen molar-refractivity contribution >= 4 is 22.7 Å². The van der Waals surface area contributed by atoms with Crippen molar-refractivity contribution in [2.75, 3.05) is 18.5 Å². The second-order valence-electron chi connectivity index (χ2n) is 9.22. The summed E-state index contributed by atoms with van der Waals surface area (Å²) in [7, 11) is 1.93. The normalized spacial score (nSPS) is 20.6. The van der Waals surface area contributed by atoms with E-state index in [4.69, 9.17) is 0 Å². The Morgan fingerprint density at radius 3 is 2.59 bits per heavy atom. The molecule has 1 fully saturated rings. The van der Waals surface area contributed by atoms with Crippen molar-refractivity contribution in [2.45, 2.75) is 50.4 Å². The third-order valence-corrected chi connectivity index (χ3v) is 6.95. The molecule has 34 heavy (non-hydrogen) atoms. The van der Waals surface area contributed by atoms with Gasteiger partial charge in [-0.1, -0.05) is 37.1 Å². The molecular weight excluding hydrogens is 443 g/mol. The lowest BCUT2D eigenvalue weighted by Gasteiger charge is -2.30. The molecule has 1 aromatic heterocycles. The minimum atomic E-state index is -4.38. The summed E-state index contributed by atoms with van der Waals surface area (Å²) in [6.07, 6.45) is 4.24. The van der Waals surface area contributed by atoms with Crippen molar-refractivity contribution < 1.29 is 18.3 Å². The number of aliphatic hydroxyl groups excluding tert-OH is 1. The summed E-state index contributed by atoms with van der Waals surface area (Å²) in [6, 6.07) is 6.65. The number of halogens is 3. The molecule has 1 aliphatic heterocycles. The molecule has 0 saturated heterocycles. The van der Waals surface area contributed by atoms with E-state index in [1.165, 1.54) is 12.1 Å². The van der Waals surface area contributed by atoms with Crippen LogP contribution in [-0.4, -0.2) is 34.4 Å². The van der Waals surface area contributed by atoms with Crippen LogP contribution in [0.1, 0.15) is 54.0 Å². The van der Waals surface area contributed by atoms with E-state index in [1.54, 1.807) is 10.9 Å².